The van der Waals surface area contributed by atoms with E-state index in [2.05, 4.69) is 122 Å². The predicted octanol–water partition coefficient (Wildman–Crippen LogP) is 10.9. The number of benzene rings is 6. The van der Waals surface area contributed by atoms with Gasteiger partial charge in [0.15, 0.2) is 17.5 Å². The van der Waals surface area contributed by atoms with Crippen molar-refractivity contribution in [3.8, 4) is 51.0 Å². The van der Waals surface area contributed by atoms with Crippen molar-refractivity contribution in [3.05, 3.63) is 157 Å². The van der Waals surface area contributed by atoms with Crippen molar-refractivity contribution in [1.82, 2.24) is 15.0 Å². The smallest absolute Gasteiger partial charge is 0.164 e. The van der Waals surface area contributed by atoms with Gasteiger partial charge in [0, 0.05) is 38.9 Å². The van der Waals surface area contributed by atoms with Crippen LogP contribution >= 0.6 is 0 Å². The van der Waals surface area contributed by atoms with Gasteiger partial charge in [-0.1, -0.05) is 109 Å². The van der Waals surface area contributed by atoms with Crippen LogP contribution in [0.15, 0.2) is 150 Å². The second-order valence-electron chi connectivity index (χ2n) is 12.8. The van der Waals surface area contributed by atoms with Gasteiger partial charge in [0.1, 0.15) is 23.0 Å². The minimum atomic E-state index is -0.0508. The molecule has 10 rings (SSSR count). The molecule has 0 fully saturated rings. The fourth-order valence-electron chi connectivity index (χ4n) is 7.36. The Kier molecular flexibility index (Phi) is 6.15. The summed E-state index contributed by atoms with van der Waals surface area (Å²) in [5.74, 6) is 2.75. The SMILES string of the molecule is Cc1ccc2oc3cc(-c4ccccc4)cc(-c4nc(-c5ccc6ccccc6c5)nc(-c5cccc6c5C5C=CC=CC5O6)n4)c3c2c1. The van der Waals surface area contributed by atoms with Crippen LogP contribution in [-0.4, -0.2) is 21.1 Å². The Bertz CT molecular complexity index is 2670. The summed E-state index contributed by atoms with van der Waals surface area (Å²) in [6, 6.07) is 41.9. The molecule has 8 aromatic rings. The molecule has 5 heteroatoms. The van der Waals surface area contributed by atoms with Crippen LogP contribution < -0.4 is 4.74 Å². The highest BCUT2D eigenvalue weighted by Gasteiger charge is 2.35. The van der Waals surface area contributed by atoms with Crippen LogP contribution in [0.2, 0.25) is 0 Å². The normalized spacial score (nSPS) is 16.3. The van der Waals surface area contributed by atoms with Crippen LogP contribution in [0, 0.1) is 6.92 Å². The minimum Gasteiger partial charge on any atom is -0.485 e. The maximum atomic E-state index is 6.53. The number of aryl methyl sites for hydroxylation is 1. The topological polar surface area (TPSA) is 61.0 Å². The van der Waals surface area contributed by atoms with Gasteiger partial charge in [0.2, 0.25) is 0 Å². The average Bonchev–Trinajstić information content (AvgIpc) is 3.72. The lowest BCUT2D eigenvalue weighted by Crippen LogP contribution is -2.16. The van der Waals surface area contributed by atoms with E-state index in [9.17, 15) is 0 Å². The summed E-state index contributed by atoms with van der Waals surface area (Å²) in [6.45, 7) is 2.11. The molecule has 5 nitrogen and oxygen atoms in total. The summed E-state index contributed by atoms with van der Waals surface area (Å²) in [5, 5.41) is 4.32. The van der Waals surface area contributed by atoms with E-state index in [0.29, 0.717) is 17.5 Å². The van der Waals surface area contributed by atoms with Crippen molar-refractivity contribution in [2.45, 2.75) is 18.9 Å². The lowest BCUT2D eigenvalue weighted by molar-refractivity contribution is 0.269. The van der Waals surface area contributed by atoms with E-state index in [1.807, 2.05) is 30.3 Å². The molecule has 2 aliphatic rings. The molecule has 2 unspecified atom stereocenters. The number of allylic oxidation sites excluding steroid dienone is 2. The number of nitrogens with zero attached hydrogens (tertiary/aromatic N) is 3. The third-order valence-electron chi connectivity index (χ3n) is 9.71. The minimum absolute atomic E-state index is 0.0508. The van der Waals surface area contributed by atoms with Gasteiger partial charge in [-0.25, -0.2) is 15.0 Å². The van der Waals surface area contributed by atoms with Crippen LogP contribution in [0.3, 0.4) is 0 Å². The van der Waals surface area contributed by atoms with E-state index in [4.69, 9.17) is 24.1 Å². The molecule has 1 aliphatic carbocycles. The first kappa shape index (κ1) is 27.8. The molecule has 1 aliphatic heterocycles. The van der Waals surface area contributed by atoms with Gasteiger partial charge in [0.25, 0.3) is 0 Å². The molecule has 232 valence electrons. The van der Waals surface area contributed by atoms with Crippen molar-refractivity contribution in [1.29, 1.82) is 0 Å². The molecule has 0 saturated carbocycles. The third kappa shape index (κ3) is 4.58. The first-order valence-corrected chi connectivity index (χ1v) is 16.6. The number of rotatable bonds is 4. The first-order chi connectivity index (χ1) is 24.2. The lowest BCUT2D eigenvalue weighted by atomic mass is 9.88. The molecule has 6 aromatic carbocycles. The van der Waals surface area contributed by atoms with Crippen LogP contribution in [0.1, 0.15) is 17.0 Å². The summed E-state index contributed by atoms with van der Waals surface area (Å²) < 4.78 is 12.9. The zero-order chi connectivity index (χ0) is 32.5. The standard InChI is InChI=1S/C44H29N3O2/c1-26-18-21-37-34(22-26)41-35(24-31(25-39(41)49-37)27-10-3-2-4-11-27)44-46-42(30-20-19-28-12-5-6-13-29(28)23-30)45-43(47-44)33-15-9-17-38-40(33)32-14-7-8-16-36(32)48-38/h2-25,32,36H,1H3. The average molecular weight is 632 g/mol. The molecular formula is C44H29N3O2. The molecule has 2 atom stereocenters. The van der Waals surface area contributed by atoms with E-state index in [-0.39, 0.29) is 12.0 Å². The molecule has 0 saturated heterocycles. The molecule has 0 spiro atoms. The highest BCUT2D eigenvalue weighted by atomic mass is 16.5. The Morgan fingerprint density at radius 1 is 0.551 bits per heavy atom. The molecule has 0 bridgehead atoms. The van der Waals surface area contributed by atoms with Gasteiger partial charge < -0.3 is 9.15 Å². The van der Waals surface area contributed by atoms with Crippen molar-refractivity contribution in [3.63, 3.8) is 0 Å². The summed E-state index contributed by atoms with van der Waals surface area (Å²) in [4.78, 5) is 15.8. The second-order valence-corrected chi connectivity index (χ2v) is 12.8. The van der Waals surface area contributed by atoms with E-state index in [0.717, 1.165) is 72.0 Å². The van der Waals surface area contributed by atoms with Gasteiger partial charge in [0.05, 0.1) is 0 Å². The van der Waals surface area contributed by atoms with E-state index in [1.54, 1.807) is 0 Å². The van der Waals surface area contributed by atoms with Crippen molar-refractivity contribution >= 4 is 32.7 Å². The summed E-state index contributed by atoms with van der Waals surface area (Å²) in [5.41, 5.74) is 8.77. The highest BCUT2D eigenvalue weighted by molar-refractivity contribution is 6.13. The van der Waals surface area contributed by atoms with Crippen molar-refractivity contribution in [2.75, 3.05) is 0 Å². The maximum Gasteiger partial charge on any atom is 0.164 e. The van der Waals surface area contributed by atoms with Crippen LogP contribution in [0.5, 0.6) is 5.75 Å². The number of hydrogen-bond acceptors (Lipinski definition) is 5. The predicted molar refractivity (Wildman–Crippen MR) is 197 cm³/mol. The third-order valence-corrected chi connectivity index (χ3v) is 9.71. The van der Waals surface area contributed by atoms with Crippen LogP contribution in [-0.2, 0) is 0 Å². The fraction of sp³-hybridized carbons (Fsp3) is 0.0682. The largest absolute Gasteiger partial charge is 0.485 e. The molecule has 2 aromatic heterocycles. The number of furan rings is 1. The van der Waals surface area contributed by atoms with Gasteiger partial charge >= 0.3 is 0 Å². The van der Waals surface area contributed by atoms with Crippen molar-refractivity contribution < 1.29 is 9.15 Å². The second kappa shape index (κ2) is 10.9. The lowest BCUT2D eigenvalue weighted by Gasteiger charge is -2.16. The monoisotopic (exact) mass is 631 g/mol. The van der Waals surface area contributed by atoms with Gasteiger partial charge in [-0.15, -0.1) is 0 Å². The number of fused-ring (bicyclic) bond motifs is 7. The van der Waals surface area contributed by atoms with Gasteiger partial charge in [-0.3, -0.25) is 0 Å². The molecule has 0 N–H and O–H groups in total. The number of ether oxygens (including phenoxy) is 1. The van der Waals surface area contributed by atoms with E-state index < -0.39 is 0 Å². The Morgan fingerprint density at radius 3 is 2.24 bits per heavy atom. The first-order valence-electron chi connectivity index (χ1n) is 16.6. The molecule has 0 radical (unpaired) electrons. The fourth-order valence-corrected chi connectivity index (χ4v) is 7.36. The Balaban J connectivity index is 1.27. The highest BCUT2D eigenvalue weighted by Crippen LogP contribution is 2.46. The van der Waals surface area contributed by atoms with Crippen LogP contribution in [0.25, 0.3) is 78.0 Å². The van der Waals surface area contributed by atoms with Gasteiger partial charge in [-0.05, 0) is 71.3 Å². The van der Waals surface area contributed by atoms with E-state index >= 15 is 0 Å². The zero-order valence-corrected chi connectivity index (χ0v) is 26.7. The maximum absolute atomic E-state index is 6.53. The summed E-state index contributed by atoms with van der Waals surface area (Å²) in [6.07, 6.45) is 8.41. The molecular weight excluding hydrogens is 603 g/mol. The van der Waals surface area contributed by atoms with Crippen LogP contribution in [0.4, 0.5) is 0 Å². The Hall–Kier alpha value is -6.33. The molecule has 3 heterocycles. The van der Waals surface area contributed by atoms with Crippen molar-refractivity contribution in [2.24, 2.45) is 0 Å². The Morgan fingerprint density at radius 2 is 1.35 bits per heavy atom. The zero-order valence-electron chi connectivity index (χ0n) is 26.7. The quantitative estimate of drug-likeness (QED) is 0.193. The number of hydrogen-bond donors (Lipinski definition) is 0. The van der Waals surface area contributed by atoms with E-state index in [1.165, 1.54) is 5.39 Å². The number of aromatic nitrogens is 3. The Labute approximate surface area is 282 Å². The molecule has 49 heavy (non-hydrogen) atoms. The summed E-state index contributed by atoms with van der Waals surface area (Å²) >= 11 is 0. The molecule has 0 amide bonds. The summed E-state index contributed by atoms with van der Waals surface area (Å²) in [7, 11) is 0. The van der Waals surface area contributed by atoms with Gasteiger partial charge in [-0.2, -0.15) is 0 Å².